The van der Waals surface area contributed by atoms with Crippen LogP contribution < -0.4 is 0 Å². The maximum Gasteiger partial charge on any atom is 0.101 e. The minimum Gasteiger partial charge on any atom is -0.309 e. The molecule has 0 aliphatic heterocycles. The summed E-state index contributed by atoms with van der Waals surface area (Å²) in [6.45, 7) is 8.43. The number of rotatable bonds is 3. The topological polar surface area (TPSA) is 57.4 Å². The van der Waals surface area contributed by atoms with E-state index in [1.165, 1.54) is 0 Å². The first-order valence-corrected chi connectivity index (χ1v) is 15.5. The maximum atomic E-state index is 10.8. The molecule has 46 heavy (non-hydrogen) atoms. The Morgan fingerprint density at radius 1 is 0.457 bits per heavy atom. The van der Waals surface area contributed by atoms with E-state index in [9.17, 15) is 10.5 Å². The van der Waals surface area contributed by atoms with Gasteiger partial charge in [-0.15, -0.1) is 0 Å². The lowest BCUT2D eigenvalue weighted by molar-refractivity contribution is 1.13. The molecule has 0 aliphatic carbocycles. The third-order valence-corrected chi connectivity index (χ3v) is 9.18. The van der Waals surface area contributed by atoms with Gasteiger partial charge in [0.05, 0.1) is 50.6 Å². The van der Waals surface area contributed by atoms with Crippen LogP contribution in [-0.2, 0) is 0 Å². The molecule has 4 nitrogen and oxygen atoms in total. The van der Waals surface area contributed by atoms with Gasteiger partial charge >= 0.3 is 0 Å². The Balaban J connectivity index is 1.56. The molecule has 2 aromatic heterocycles. The van der Waals surface area contributed by atoms with Gasteiger partial charge in [-0.05, 0) is 104 Å². The van der Waals surface area contributed by atoms with Gasteiger partial charge in [0.25, 0.3) is 0 Å². The van der Waals surface area contributed by atoms with Crippen molar-refractivity contribution in [1.82, 2.24) is 9.13 Å². The van der Waals surface area contributed by atoms with Crippen LogP contribution in [0.2, 0.25) is 0 Å². The van der Waals surface area contributed by atoms with Crippen molar-refractivity contribution in [3.63, 3.8) is 0 Å². The van der Waals surface area contributed by atoms with Gasteiger partial charge in [0.2, 0.25) is 0 Å². The first kappa shape index (κ1) is 27.4. The van der Waals surface area contributed by atoms with Gasteiger partial charge in [-0.2, -0.15) is 10.5 Å². The van der Waals surface area contributed by atoms with Crippen molar-refractivity contribution in [2.75, 3.05) is 0 Å². The van der Waals surface area contributed by atoms with Crippen LogP contribution in [0.1, 0.15) is 33.4 Å². The summed E-state index contributed by atoms with van der Waals surface area (Å²) in [6.07, 6.45) is 0. The number of aryl methyl sites for hydroxylation is 4. The summed E-state index contributed by atoms with van der Waals surface area (Å²) >= 11 is 0. The molecule has 0 fully saturated rings. The summed E-state index contributed by atoms with van der Waals surface area (Å²) in [7, 11) is 0. The second-order valence-corrected chi connectivity index (χ2v) is 12.4. The van der Waals surface area contributed by atoms with E-state index in [0.29, 0.717) is 11.1 Å². The molecule has 0 N–H and O–H groups in total. The Kier molecular flexibility index (Phi) is 6.11. The van der Waals surface area contributed by atoms with Crippen LogP contribution >= 0.6 is 0 Å². The molecular formula is C42H30N4. The lowest BCUT2D eigenvalue weighted by Crippen LogP contribution is -2.04. The third-order valence-electron chi connectivity index (χ3n) is 9.18. The van der Waals surface area contributed by atoms with Gasteiger partial charge < -0.3 is 9.13 Å². The Morgan fingerprint density at radius 2 is 0.913 bits per heavy atom. The SMILES string of the molecule is Cc1ccc2c3ccc(C)cc3n(-c3cc(-c4cccc(C#N)c4)c(-n4c5cc(C)ccc5c5ccc(C)cc54)cc3C#N)c2c1. The Morgan fingerprint density at radius 3 is 1.35 bits per heavy atom. The van der Waals surface area contributed by atoms with Crippen molar-refractivity contribution in [2.24, 2.45) is 0 Å². The van der Waals surface area contributed by atoms with Crippen LogP contribution in [0.25, 0.3) is 66.1 Å². The highest BCUT2D eigenvalue weighted by Crippen LogP contribution is 2.41. The molecule has 0 spiro atoms. The smallest absolute Gasteiger partial charge is 0.101 e. The molecule has 2 heterocycles. The summed E-state index contributed by atoms with van der Waals surface area (Å²) < 4.78 is 4.54. The lowest BCUT2D eigenvalue weighted by atomic mass is 9.98. The maximum absolute atomic E-state index is 10.8. The molecule has 6 aromatic carbocycles. The number of nitrogens with zero attached hydrogens (tertiary/aromatic N) is 4. The normalized spacial score (nSPS) is 11.4. The summed E-state index contributed by atoms with van der Waals surface area (Å²) in [5.74, 6) is 0. The van der Waals surface area contributed by atoms with Crippen LogP contribution in [0.5, 0.6) is 0 Å². The molecule has 0 radical (unpaired) electrons. The van der Waals surface area contributed by atoms with Gasteiger partial charge in [0.1, 0.15) is 6.07 Å². The molecule has 0 saturated carbocycles. The number of aromatic nitrogens is 2. The third kappa shape index (κ3) is 4.12. The standard InChI is InChI=1S/C42H30N4/c1-25-8-12-32-33-13-9-26(2)17-39(33)45(38(32)16-25)37-22-36(30-7-5-6-29(20-30)23-43)42(21-31(37)24-44)46-40-18-27(3)10-14-34(40)35-15-11-28(4)19-41(35)46/h5-22H,1-4H3. The largest absolute Gasteiger partial charge is 0.309 e. The van der Waals surface area contributed by atoms with Gasteiger partial charge in [0, 0.05) is 27.1 Å². The molecule has 0 unspecified atom stereocenters. The number of hydrogen-bond acceptors (Lipinski definition) is 2. The van der Waals surface area contributed by atoms with Crippen LogP contribution in [0.3, 0.4) is 0 Å². The minimum absolute atomic E-state index is 0.576. The first-order chi connectivity index (χ1) is 22.3. The molecule has 0 saturated heterocycles. The second kappa shape index (κ2) is 10.2. The molecule has 4 heteroatoms. The zero-order valence-corrected chi connectivity index (χ0v) is 26.2. The van der Waals surface area contributed by atoms with Gasteiger partial charge in [-0.25, -0.2) is 0 Å². The molecule has 0 bridgehead atoms. The van der Waals surface area contributed by atoms with Crippen molar-refractivity contribution in [3.8, 4) is 34.6 Å². The van der Waals surface area contributed by atoms with E-state index < -0.39 is 0 Å². The molecule has 0 atom stereocenters. The number of hydrogen-bond donors (Lipinski definition) is 0. The fourth-order valence-electron chi connectivity index (χ4n) is 7.02. The van der Waals surface area contributed by atoms with E-state index in [-0.39, 0.29) is 0 Å². The summed E-state index contributed by atoms with van der Waals surface area (Å²) in [5.41, 5.74) is 13.7. The van der Waals surface area contributed by atoms with Gasteiger partial charge in [-0.1, -0.05) is 60.7 Å². The average molecular weight is 591 g/mol. The van der Waals surface area contributed by atoms with E-state index in [4.69, 9.17) is 0 Å². The van der Waals surface area contributed by atoms with E-state index >= 15 is 0 Å². The Labute approximate surface area is 267 Å². The first-order valence-electron chi connectivity index (χ1n) is 15.5. The highest BCUT2D eigenvalue weighted by atomic mass is 15.0. The molecule has 0 amide bonds. The Bertz CT molecular complexity index is 2530. The van der Waals surface area contributed by atoms with E-state index in [1.54, 1.807) is 0 Å². The summed E-state index contributed by atoms with van der Waals surface area (Å²) in [5, 5.41) is 25.3. The molecule has 218 valence electrons. The summed E-state index contributed by atoms with van der Waals surface area (Å²) in [6, 6.07) is 43.0. The average Bonchev–Trinajstić information content (AvgIpc) is 3.54. The van der Waals surface area contributed by atoms with Crippen LogP contribution in [0.4, 0.5) is 0 Å². The minimum atomic E-state index is 0.576. The highest BCUT2D eigenvalue weighted by molar-refractivity contribution is 6.11. The quantitative estimate of drug-likeness (QED) is 0.206. The fourth-order valence-corrected chi connectivity index (χ4v) is 7.02. The lowest BCUT2D eigenvalue weighted by Gasteiger charge is -2.19. The van der Waals surface area contributed by atoms with Crippen molar-refractivity contribution in [3.05, 3.63) is 143 Å². The van der Waals surface area contributed by atoms with Crippen molar-refractivity contribution in [2.45, 2.75) is 27.7 Å². The zero-order valence-electron chi connectivity index (χ0n) is 26.2. The second-order valence-electron chi connectivity index (χ2n) is 12.4. The highest BCUT2D eigenvalue weighted by Gasteiger charge is 2.22. The molecule has 0 aliphatic rings. The predicted octanol–water partition coefficient (Wildman–Crippen LogP) is 10.5. The summed E-state index contributed by atoms with van der Waals surface area (Å²) in [4.78, 5) is 0. The van der Waals surface area contributed by atoms with E-state index in [0.717, 1.165) is 88.4 Å². The van der Waals surface area contributed by atoms with Crippen molar-refractivity contribution < 1.29 is 0 Å². The van der Waals surface area contributed by atoms with Gasteiger partial charge in [0.15, 0.2) is 0 Å². The van der Waals surface area contributed by atoms with Crippen molar-refractivity contribution in [1.29, 1.82) is 10.5 Å². The molecule has 8 rings (SSSR count). The monoisotopic (exact) mass is 590 g/mol. The molecular weight excluding hydrogens is 560 g/mol. The van der Waals surface area contributed by atoms with E-state index in [2.05, 4.69) is 134 Å². The number of benzene rings is 6. The van der Waals surface area contributed by atoms with Crippen molar-refractivity contribution >= 4 is 43.6 Å². The fraction of sp³-hybridized carbons (Fsp3) is 0.0952. The van der Waals surface area contributed by atoms with Gasteiger partial charge in [-0.3, -0.25) is 0 Å². The molecule has 8 aromatic rings. The van der Waals surface area contributed by atoms with E-state index in [1.807, 2.05) is 24.3 Å². The van der Waals surface area contributed by atoms with Crippen LogP contribution in [0, 0.1) is 50.4 Å². The van der Waals surface area contributed by atoms with Crippen LogP contribution in [-0.4, -0.2) is 9.13 Å². The number of fused-ring (bicyclic) bond motifs is 6. The zero-order chi connectivity index (χ0) is 31.7. The Hall–Kier alpha value is -6.10. The van der Waals surface area contributed by atoms with Crippen LogP contribution in [0.15, 0.2) is 109 Å². The number of nitriles is 2. The predicted molar refractivity (Wildman–Crippen MR) is 189 cm³/mol.